The fourth-order valence-corrected chi connectivity index (χ4v) is 4.32. The number of pyridine rings is 1. The minimum atomic E-state index is -0.681. The molecule has 0 aliphatic carbocycles. The Kier molecular flexibility index (Phi) is 4.73. The molecule has 1 atom stereocenters. The number of aromatic nitrogens is 1. The number of piperazine rings is 1. The SMILES string of the molecule is CCOC(=O)c1cn2c3c(c(N4CCNC(C)(C)C4)c(F)cc3c1=O)C=CC2C. The molecule has 154 valence electrons. The highest BCUT2D eigenvalue weighted by atomic mass is 19.1. The van der Waals surface area contributed by atoms with Crippen LogP contribution in [0.4, 0.5) is 10.1 Å². The number of esters is 1. The van der Waals surface area contributed by atoms with Gasteiger partial charge in [-0.1, -0.05) is 12.2 Å². The van der Waals surface area contributed by atoms with E-state index in [1.807, 2.05) is 28.5 Å². The van der Waals surface area contributed by atoms with Gasteiger partial charge in [-0.05, 0) is 33.8 Å². The van der Waals surface area contributed by atoms with E-state index in [0.717, 1.165) is 6.54 Å². The number of carbonyl (C=O) groups excluding carboxylic acids is 1. The van der Waals surface area contributed by atoms with Crippen LogP contribution in [0.5, 0.6) is 0 Å². The van der Waals surface area contributed by atoms with E-state index < -0.39 is 17.2 Å². The predicted octanol–water partition coefficient (Wildman–Crippen LogP) is 3.09. The van der Waals surface area contributed by atoms with Gasteiger partial charge in [-0.2, -0.15) is 0 Å². The maximum atomic E-state index is 15.4. The predicted molar refractivity (Wildman–Crippen MR) is 112 cm³/mol. The first-order chi connectivity index (χ1) is 13.7. The lowest BCUT2D eigenvalue weighted by molar-refractivity contribution is 0.0524. The lowest BCUT2D eigenvalue weighted by Crippen LogP contribution is -2.57. The molecule has 1 N–H and O–H groups in total. The van der Waals surface area contributed by atoms with Gasteiger partial charge in [-0.3, -0.25) is 4.79 Å². The number of hydrogen-bond donors (Lipinski definition) is 1. The molecule has 7 heteroatoms. The fourth-order valence-electron chi connectivity index (χ4n) is 4.32. The normalized spacial score (nSPS) is 20.2. The second-order valence-electron chi connectivity index (χ2n) is 8.35. The summed E-state index contributed by atoms with van der Waals surface area (Å²) in [6.45, 7) is 10.1. The fraction of sp³-hybridized carbons (Fsp3) is 0.455. The highest BCUT2D eigenvalue weighted by Crippen LogP contribution is 2.37. The molecule has 1 fully saturated rings. The number of nitrogens with zero attached hydrogens (tertiary/aromatic N) is 2. The first kappa shape index (κ1) is 19.6. The van der Waals surface area contributed by atoms with Gasteiger partial charge in [0.25, 0.3) is 0 Å². The number of carbonyl (C=O) groups is 1. The van der Waals surface area contributed by atoms with E-state index in [0.29, 0.717) is 29.9 Å². The third-order valence-corrected chi connectivity index (χ3v) is 5.64. The third kappa shape index (κ3) is 3.23. The topological polar surface area (TPSA) is 63.6 Å². The van der Waals surface area contributed by atoms with E-state index in [2.05, 4.69) is 19.2 Å². The number of hydrogen-bond acceptors (Lipinski definition) is 5. The van der Waals surface area contributed by atoms with Crippen molar-refractivity contribution in [3.05, 3.63) is 45.5 Å². The van der Waals surface area contributed by atoms with Crippen LogP contribution in [0.15, 0.2) is 23.1 Å². The molecular formula is C22H26FN3O3. The molecule has 0 saturated carbocycles. The molecule has 2 aromatic rings. The van der Waals surface area contributed by atoms with Gasteiger partial charge in [-0.25, -0.2) is 9.18 Å². The van der Waals surface area contributed by atoms with Crippen LogP contribution in [-0.4, -0.2) is 42.3 Å². The zero-order valence-electron chi connectivity index (χ0n) is 17.2. The number of allylic oxidation sites excluding steroid dienone is 1. The lowest BCUT2D eigenvalue weighted by Gasteiger charge is -2.41. The van der Waals surface area contributed by atoms with Crippen LogP contribution in [0, 0.1) is 5.82 Å². The molecule has 1 unspecified atom stereocenters. The van der Waals surface area contributed by atoms with Gasteiger partial charge in [0, 0.05) is 43.0 Å². The van der Waals surface area contributed by atoms with Crippen molar-refractivity contribution in [3.8, 4) is 0 Å². The van der Waals surface area contributed by atoms with E-state index in [4.69, 9.17) is 4.74 Å². The molecular weight excluding hydrogens is 373 g/mol. The van der Waals surface area contributed by atoms with Crippen LogP contribution in [0.25, 0.3) is 17.0 Å². The maximum Gasteiger partial charge on any atom is 0.343 e. The van der Waals surface area contributed by atoms with E-state index in [1.165, 1.54) is 6.07 Å². The molecule has 2 aliphatic heterocycles. The van der Waals surface area contributed by atoms with Crippen LogP contribution in [0.2, 0.25) is 0 Å². The highest BCUT2D eigenvalue weighted by Gasteiger charge is 2.31. The number of halogens is 1. The van der Waals surface area contributed by atoms with Crippen molar-refractivity contribution in [2.75, 3.05) is 31.1 Å². The van der Waals surface area contributed by atoms with Gasteiger partial charge in [0.2, 0.25) is 5.43 Å². The second kappa shape index (κ2) is 6.99. The van der Waals surface area contributed by atoms with Gasteiger partial charge >= 0.3 is 5.97 Å². The van der Waals surface area contributed by atoms with Gasteiger partial charge in [0.05, 0.1) is 23.2 Å². The lowest BCUT2D eigenvalue weighted by atomic mass is 9.96. The van der Waals surface area contributed by atoms with E-state index >= 15 is 4.39 Å². The van der Waals surface area contributed by atoms with Crippen molar-refractivity contribution in [2.24, 2.45) is 0 Å². The van der Waals surface area contributed by atoms with Crippen LogP contribution < -0.4 is 15.6 Å². The average molecular weight is 399 g/mol. The Morgan fingerprint density at radius 2 is 2.17 bits per heavy atom. The smallest absolute Gasteiger partial charge is 0.343 e. The Bertz CT molecular complexity index is 1090. The molecule has 3 heterocycles. The van der Waals surface area contributed by atoms with Crippen LogP contribution >= 0.6 is 0 Å². The third-order valence-electron chi connectivity index (χ3n) is 5.64. The van der Waals surface area contributed by atoms with Crippen LogP contribution in [0.1, 0.15) is 49.7 Å². The monoisotopic (exact) mass is 399 g/mol. The summed E-state index contributed by atoms with van der Waals surface area (Å²) in [5, 5.41) is 3.64. The van der Waals surface area contributed by atoms with Gasteiger partial charge in [-0.15, -0.1) is 0 Å². The Labute approximate surface area is 168 Å². The standard InChI is InChI=1S/C22H26FN3O3/c1-5-29-21(28)16-11-26-13(2)6-7-14-18(26)15(20(16)27)10-17(23)19(14)25-9-8-24-22(3,4)12-25/h6-7,10-11,13,24H,5,8-9,12H2,1-4H3. The van der Waals surface area contributed by atoms with Crippen molar-refractivity contribution in [3.63, 3.8) is 0 Å². The Balaban J connectivity index is 1.98. The van der Waals surface area contributed by atoms with Crippen molar-refractivity contribution in [2.45, 2.75) is 39.3 Å². The molecule has 6 nitrogen and oxygen atoms in total. The quantitative estimate of drug-likeness (QED) is 0.804. The minimum absolute atomic E-state index is 0.0668. The molecule has 29 heavy (non-hydrogen) atoms. The number of anilines is 1. The number of rotatable bonds is 3. The summed E-state index contributed by atoms with van der Waals surface area (Å²) in [6.07, 6.45) is 5.39. The van der Waals surface area contributed by atoms with Crippen molar-refractivity contribution in [1.82, 2.24) is 9.88 Å². The Hall–Kier alpha value is -2.67. The Morgan fingerprint density at radius 1 is 1.41 bits per heavy atom. The summed E-state index contributed by atoms with van der Waals surface area (Å²) < 4.78 is 22.3. The molecule has 4 rings (SSSR count). The average Bonchev–Trinajstić information content (AvgIpc) is 2.65. The molecule has 2 aliphatic rings. The van der Waals surface area contributed by atoms with Crippen molar-refractivity contribution < 1.29 is 13.9 Å². The zero-order valence-corrected chi connectivity index (χ0v) is 17.2. The molecule has 0 spiro atoms. The summed E-state index contributed by atoms with van der Waals surface area (Å²) >= 11 is 0. The second-order valence-corrected chi connectivity index (χ2v) is 8.35. The van der Waals surface area contributed by atoms with Gasteiger partial charge in [0.15, 0.2) is 0 Å². The minimum Gasteiger partial charge on any atom is -0.462 e. The number of nitrogens with one attached hydrogen (secondary N) is 1. The highest BCUT2D eigenvalue weighted by molar-refractivity contribution is 5.99. The van der Waals surface area contributed by atoms with Crippen LogP contribution in [-0.2, 0) is 4.74 Å². The summed E-state index contributed by atoms with van der Waals surface area (Å²) in [4.78, 5) is 27.3. The van der Waals surface area contributed by atoms with Gasteiger partial charge in [0.1, 0.15) is 11.4 Å². The van der Waals surface area contributed by atoms with E-state index in [9.17, 15) is 9.59 Å². The first-order valence-electron chi connectivity index (χ1n) is 10.00. The molecule has 1 aromatic carbocycles. The van der Waals surface area contributed by atoms with Gasteiger partial charge < -0.3 is 19.5 Å². The first-order valence-corrected chi connectivity index (χ1v) is 10.00. The summed E-state index contributed by atoms with van der Waals surface area (Å²) in [5.41, 5.74) is 1.14. The maximum absolute atomic E-state index is 15.4. The molecule has 1 aromatic heterocycles. The van der Waals surface area contributed by atoms with Crippen molar-refractivity contribution >= 4 is 28.6 Å². The van der Waals surface area contributed by atoms with E-state index in [1.54, 1.807) is 13.1 Å². The summed E-state index contributed by atoms with van der Waals surface area (Å²) in [5.74, 6) is -1.13. The molecule has 0 radical (unpaired) electrons. The molecule has 0 bridgehead atoms. The Morgan fingerprint density at radius 3 is 2.86 bits per heavy atom. The largest absolute Gasteiger partial charge is 0.462 e. The number of ether oxygens (including phenoxy) is 1. The van der Waals surface area contributed by atoms with E-state index in [-0.39, 0.29) is 29.1 Å². The molecule has 1 saturated heterocycles. The van der Waals surface area contributed by atoms with Crippen molar-refractivity contribution in [1.29, 1.82) is 0 Å². The molecule has 0 amide bonds. The zero-order chi connectivity index (χ0) is 20.9. The summed E-state index contributed by atoms with van der Waals surface area (Å²) in [7, 11) is 0. The number of benzene rings is 1. The van der Waals surface area contributed by atoms with Crippen LogP contribution in [0.3, 0.4) is 0 Å². The summed E-state index contributed by atoms with van der Waals surface area (Å²) in [6, 6.07) is 1.20.